The molecule has 1 heterocycles. The molecular weight excluding hydrogens is 464 g/mol. The molecule has 0 saturated carbocycles. The van der Waals surface area contributed by atoms with Crippen molar-refractivity contribution in [1.82, 2.24) is 10.2 Å². The Kier molecular flexibility index (Phi) is 7.93. The van der Waals surface area contributed by atoms with Crippen molar-refractivity contribution < 1.29 is 19.1 Å². The van der Waals surface area contributed by atoms with Gasteiger partial charge in [-0.25, -0.2) is 0 Å². The summed E-state index contributed by atoms with van der Waals surface area (Å²) in [5, 5.41) is 3.74. The van der Waals surface area contributed by atoms with E-state index in [1.807, 2.05) is 54.6 Å². The topological polar surface area (TPSA) is 67.9 Å². The Labute approximate surface area is 210 Å². The molecule has 0 spiro atoms. The number of nitrogens with one attached hydrogen (secondary N) is 1. The number of ether oxygens (including phenoxy) is 2. The number of carbonyl (C=O) groups is 2. The molecule has 2 amide bonds. The van der Waals surface area contributed by atoms with Crippen LogP contribution in [0, 0.1) is 0 Å². The highest BCUT2D eigenvalue weighted by Crippen LogP contribution is 2.36. The highest BCUT2D eigenvalue weighted by atomic mass is 35.5. The summed E-state index contributed by atoms with van der Waals surface area (Å²) in [5.74, 6) is 1.25. The zero-order valence-electron chi connectivity index (χ0n) is 19.7. The van der Waals surface area contributed by atoms with E-state index in [4.69, 9.17) is 21.1 Å². The number of piperidine rings is 1. The largest absolute Gasteiger partial charge is 0.497 e. The lowest BCUT2D eigenvalue weighted by atomic mass is 9.72. The quantitative estimate of drug-likeness (QED) is 0.499. The minimum atomic E-state index is -0.693. The number of hydrogen-bond acceptors (Lipinski definition) is 4. The van der Waals surface area contributed by atoms with Crippen molar-refractivity contribution in [3.8, 4) is 11.5 Å². The molecule has 7 heteroatoms. The number of carbonyl (C=O) groups excluding carboxylic acids is 2. The molecule has 1 fully saturated rings. The molecule has 3 aromatic rings. The number of rotatable bonds is 8. The minimum Gasteiger partial charge on any atom is -0.497 e. The number of methoxy groups -OCH3 is 1. The van der Waals surface area contributed by atoms with Gasteiger partial charge in [-0.1, -0.05) is 54.1 Å². The average molecular weight is 493 g/mol. The van der Waals surface area contributed by atoms with Crippen LogP contribution in [0.15, 0.2) is 78.9 Å². The van der Waals surface area contributed by atoms with Gasteiger partial charge >= 0.3 is 0 Å². The highest BCUT2D eigenvalue weighted by Gasteiger charge is 2.43. The van der Waals surface area contributed by atoms with E-state index in [0.29, 0.717) is 43.2 Å². The van der Waals surface area contributed by atoms with Gasteiger partial charge in [0.15, 0.2) is 6.61 Å². The molecule has 3 aromatic carbocycles. The Morgan fingerprint density at radius 2 is 1.54 bits per heavy atom. The number of nitrogens with zero attached hydrogens (tertiary/aromatic N) is 1. The first-order valence-electron chi connectivity index (χ1n) is 11.6. The highest BCUT2D eigenvalue weighted by molar-refractivity contribution is 6.30. The van der Waals surface area contributed by atoms with E-state index in [0.717, 1.165) is 16.9 Å². The van der Waals surface area contributed by atoms with E-state index in [-0.39, 0.29) is 18.4 Å². The number of halogens is 1. The van der Waals surface area contributed by atoms with Crippen LogP contribution in [0.2, 0.25) is 5.02 Å². The third kappa shape index (κ3) is 5.95. The van der Waals surface area contributed by atoms with Crippen LogP contribution < -0.4 is 14.8 Å². The van der Waals surface area contributed by atoms with Crippen LogP contribution in [0.25, 0.3) is 0 Å². The van der Waals surface area contributed by atoms with Crippen LogP contribution in [0.1, 0.15) is 24.0 Å². The SMILES string of the molecule is COc1ccc(CNC(=O)C2(c3ccccc3)CCN(C(=O)COc3ccc(Cl)cc3)CC2)cc1. The lowest BCUT2D eigenvalue weighted by molar-refractivity contribution is -0.138. The van der Waals surface area contributed by atoms with Gasteiger partial charge in [-0.3, -0.25) is 9.59 Å². The summed E-state index contributed by atoms with van der Waals surface area (Å²) in [7, 11) is 1.63. The van der Waals surface area contributed by atoms with Crippen molar-refractivity contribution in [2.75, 3.05) is 26.8 Å². The molecule has 0 aromatic heterocycles. The number of hydrogen-bond donors (Lipinski definition) is 1. The predicted molar refractivity (Wildman–Crippen MR) is 136 cm³/mol. The first-order valence-corrected chi connectivity index (χ1v) is 12.0. The molecule has 1 N–H and O–H groups in total. The van der Waals surface area contributed by atoms with Crippen LogP contribution in [0.3, 0.4) is 0 Å². The zero-order chi connectivity index (χ0) is 24.7. The molecule has 35 heavy (non-hydrogen) atoms. The van der Waals surface area contributed by atoms with Crippen LogP contribution in [0.4, 0.5) is 0 Å². The molecule has 0 atom stereocenters. The molecule has 0 radical (unpaired) electrons. The van der Waals surface area contributed by atoms with Gasteiger partial charge in [-0.15, -0.1) is 0 Å². The van der Waals surface area contributed by atoms with E-state index in [1.165, 1.54) is 0 Å². The van der Waals surface area contributed by atoms with Gasteiger partial charge in [0, 0.05) is 24.7 Å². The third-order valence-corrected chi connectivity index (χ3v) is 6.77. The van der Waals surface area contributed by atoms with Gasteiger partial charge in [-0.2, -0.15) is 0 Å². The average Bonchev–Trinajstić information content (AvgIpc) is 2.92. The van der Waals surface area contributed by atoms with Gasteiger partial charge < -0.3 is 19.7 Å². The maximum atomic E-state index is 13.6. The van der Waals surface area contributed by atoms with Crippen molar-refractivity contribution in [3.63, 3.8) is 0 Å². The Bertz CT molecular complexity index is 1130. The molecule has 1 saturated heterocycles. The third-order valence-electron chi connectivity index (χ3n) is 6.52. The first-order chi connectivity index (χ1) is 17.0. The smallest absolute Gasteiger partial charge is 0.260 e. The molecule has 0 aliphatic carbocycles. The van der Waals surface area contributed by atoms with E-state index < -0.39 is 5.41 Å². The van der Waals surface area contributed by atoms with Crippen molar-refractivity contribution in [2.45, 2.75) is 24.8 Å². The molecule has 0 bridgehead atoms. The molecular formula is C28H29ClN2O4. The Balaban J connectivity index is 1.40. The molecule has 6 nitrogen and oxygen atoms in total. The fourth-order valence-corrected chi connectivity index (χ4v) is 4.53. The van der Waals surface area contributed by atoms with Gasteiger partial charge in [0.1, 0.15) is 11.5 Å². The summed E-state index contributed by atoms with van der Waals surface area (Å²) >= 11 is 5.90. The van der Waals surface area contributed by atoms with Crippen molar-refractivity contribution >= 4 is 23.4 Å². The van der Waals surface area contributed by atoms with Gasteiger partial charge in [-0.05, 0) is 60.4 Å². The molecule has 1 aliphatic heterocycles. The monoisotopic (exact) mass is 492 g/mol. The summed E-state index contributed by atoms with van der Waals surface area (Å²) in [5.41, 5.74) is 1.27. The van der Waals surface area contributed by atoms with Gasteiger partial charge in [0.25, 0.3) is 5.91 Å². The normalized spacial score (nSPS) is 14.7. The molecule has 1 aliphatic rings. The fourth-order valence-electron chi connectivity index (χ4n) is 4.40. The van der Waals surface area contributed by atoms with Crippen molar-refractivity contribution in [1.29, 1.82) is 0 Å². The van der Waals surface area contributed by atoms with Gasteiger partial charge in [0.2, 0.25) is 5.91 Å². The summed E-state index contributed by atoms with van der Waals surface area (Å²) in [6.07, 6.45) is 1.08. The van der Waals surface area contributed by atoms with Gasteiger partial charge in [0.05, 0.1) is 12.5 Å². The van der Waals surface area contributed by atoms with Crippen molar-refractivity contribution in [2.24, 2.45) is 0 Å². The number of benzene rings is 3. The maximum Gasteiger partial charge on any atom is 0.260 e. The number of likely N-dealkylation sites (tertiary alicyclic amines) is 1. The second kappa shape index (κ2) is 11.3. The first kappa shape index (κ1) is 24.6. The maximum absolute atomic E-state index is 13.6. The summed E-state index contributed by atoms with van der Waals surface area (Å²) in [6.45, 7) is 1.33. The summed E-state index contributed by atoms with van der Waals surface area (Å²) < 4.78 is 10.8. The molecule has 4 rings (SSSR count). The predicted octanol–water partition coefficient (Wildman–Crippen LogP) is 4.60. The van der Waals surface area contributed by atoms with Crippen LogP contribution >= 0.6 is 11.6 Å². The minimum absolute atomic E-state index is 0.0240. The standard InChI is InChI=1S/C28H29ClN2O4/c1-34-24-11-7-21(8-12-24)19-30-27(33)28(22-5-3-2-4-6-22)15-17-31(18-16-28)26(32)20-35-25-13-9-23(29)10-14-25/h2-14H,15-20H2,1H3,(H,30,33). The van der Waals surface area contributed by atoms with E-state index in [1.54, 1.807) is 36.3 Å². The molecule has 0 unspecified atom stereocenters. The van der Waals surface area contributed by atoms with E-state index in [2.05, 4.69) is 5.32 Å². The second-order valence-electron chi connectivity index (χ2n) is 8.60. The fraction of sp³-hybridized carbons (Fsp3) is 0.286. The van der Waals surface area contributed by atoms with Crippen molar-refractivity contribution in [3.05, 3.63) is 95.0 Å². The second-order valence-corrected chi connectivity index (χ2v) is 9.04. The van der Waals surface area contributed by atoms with E-state index >= 15 is 0 Å². The molecule has 182 valence electrons. The van der Waals surface area contributed by atoms with Crippen LogP contribution in [0.5, 0.6) is 11.5 Å². The Morgan fingerprint density at radius 1 is 0.914 bits per heavy atom. The lowest BCUT2D eigenvalue weighted by Crippen LogP contribution is -2.53. The number of amides is 2. The lowest BCUT2D eigenvalue weighted by Gasteiger charge is -2.41. The van der Waals surface area contributed by atoms with Crippen LogP contribution in [-0.4, -0.2) is 43.5 Å². The summed E-state index contributed by atoms with van der Waals surface area (Å²) in [4.78, 5) is 28.1. The Morgan fingerprint density at radius 3 is 2.17 bits per heavy atom. The summed E-state index contributed by atoms with van der Waals surface area (Å²) in [6, 6.07) is 24.4. The Hall–Kier alpha value is -3.51. The zero-order valence-corrected chi connectivity index (χ0v) is 20.5. The van der Waals surface area contributed by atoms with E-state index in [9.17, 15) is 9.59 Å². The van der Waals surface area contributed by atoms with Crippen LogP contribution in [-0.2, 0) is 21.5 Å².